The lowest BCUT2D eigenvalue weighted by atomic mass is 9.85. The van der Waals surface area contributed by atoms with Crippen molar-refractivity contribution in [3.8, 4) is 0 Å². The minimum Gasteiger partial charge on any atom is -0.342 e. The Hall–Kier alpha value is -0.570. The smallest absolute Gasteiger partial charge is 0.228 e. The SMILES string of the molecule is CC1(C(=O)N2CCC(CCN)CC2)CCCC1. The van der Waals surface area contributed by atoms with Crippen LogP contribution in [-0.2, 0) is 4.79 Å². The molecule has 0 aromatic rings. The fourth-order valence-electron chi connectivity index (χ4n) is 3.41. The summed E-state index contributed by atoms with van der Waals surface area (Å²) in [4.78, 5) is 14.6. The molecule has 1 aliphatic carbocycles. The van der Waals surface area contributed by atoms with Crippen LogP contribution in [0.5, 0.6) is 0 Å². The average Bonchev–Trinajstić information content (AvgIpc) is 2.78. The highest BCUT2D eigenvalue weighted by Crippen LogP contribution is 2.39. The average molecular weight is 238 g/mol. The lowest BCUT2D eigenvalue weighted by Crippen LogP contribution is -2.45. The van der Waals surface area contributed by atoms with Crippen molar-refractivity contribution in [2.45, 2.75) is 51.9 Å². The number of hydrogen-bond donors (Lipinski definition) is 1. The molecule has 1 amide bonds. The second kappa shape index (κ2) is 5.38. The Bertz CT molecular complexity index is 263. The summed E-state index contributed by atoms with van der Waals surface area (Å²) in [5.74, 6) is 1.17. The summed E-state index contributed by atoms with van der Waals surface area (Å²) in [6.07, 6.45) is 8.07. The van der Waals surface area contributed by atoms with Gasteiger partial charge >= 0.3 is 0 Å². The Balaban J connectivity index is 1.86. The van der Waals surface area contributed by atoms with Crippen molar-refractivity contribution in [2.24, 2.45) is 17.1 Å². The fraction of sp³-hybridized carbons (Fsp3) is 0.929. The van der Waals surface area contributed by atoms with E-state index in [1.807, 2.05) is 0 Å². The van der Waals surface area contributed by atoms with Crippen LogP contribution in [0.1, 0.15) is 51.9 Å². The number of amides is 1. The van der Waals surface area contributed by atoms with E-state index in [0.717, 1.165) is 57.7 Å². The van der Waals surface area contributed by atoms with Gasteiger partial charge < -0.3 is 10.6 Å². The Labute approximate surface area is 105 Å². The molecule has 2 aliphatic rings. The molecule has 17 heavy (non-hydrogen) atoms. The first-order chi connectivity index (χ1) is 8.15. The van der Waals surface area contributed by atoms with Crippen LogP contribution in [0.2, 0.25) is 0 Å². The topological polar surface area (TPSA) is 46.3 Å². The summed E-state index contributed by atoms with van der Waals surface area (Å²) in [5.41, 5.74) is 5.55. The molecule has 2 fully saturated rings. The van der Waals surface area contributed by atoms with E-state index >= 15 is 0 Å². The number of carbonyl (C=O) groups is 1. The van der Waals surface area contributed by atoms with Gasteiger partial charge in [-0.2, -0.15) is 0 Å². The van der Waals surface area contributed by atoms with E-state index in [-0.39, 0.29) is 5.41 Å². The highest BCUT2D eigenvalue weighted by atomic mass is 16.2. The first kappa shape index (κ1) is 12.9. The van der Waals surface area contributed by atoms with Gasteiger partial charge in [0.1, 0.15) is 0 Å². The van der Waals surface area contributed by atoms with Gasteiger partial charge in [0.2, 0.25) is 5.91 Å². The maximum absolute atomic E-state index is 12.5. The number of piperidine rings is 1. The van der Waals surface area contributed by atoms with E-state index in [9.17, 15) is 4.79 Å². The molecule has 0 radical (unpaired) electrons. The summed E-state index contributed by atoms with van der Waals surface area (Å²) >= 11 is 0. The van der Waals surface area contributed by atoms with Crippen LogP contribution in [0, 0.1) is 11.3 Å². The highest BCUT2D eigenvalue weighted by molar-refractivity contribution is 5.82. The summed E-state index contributed by atoms with van der Waals surface area (Å²) in [5, 5.41) is 0. The van der Waals surface area contributed by atoms with E-state index in [1.54, 1.807) is 0 Å². The van der Waals surface area contributed by atoms with Gasteiger partial charge in [-0.3, -0.25) is 4.79 Å². The predicted octanol–water partition coefficient (Wildman–Crippen LogP) is 2.15. The van der Waals surface area contributed by atoms with Gasteiger partial charge in [-0.15, -0.1) is 0 Å². The molecule has 98 valence electrons. The lowest BCUT2D eigenvalue weighted by Gasteiger charge is -2.37. The van der Waals surface area contributed by atoms with Gasteiger partial charge in [0.05, 0.1) is 0 Å². The zero-order valence-electron chi connectivity index (χ0n) is 11.1. The van der Waals surface area contributed by atoms with E-state index in [2.05, 4.69) is 11.8 Å². The molecule has 1 heterocycles. The van der Waals surface area contributed by atoms with E-state index in [4.69, 9.17) is 5.73 Å². The molecule has 1 saturated heterocycles. The Kier molecular flexibility index (Phi) is 4.08. The van der Waals surface area contributed by atoms with Gasteiger partial charge in [-0.1, -0.05) is 19.8 Å². The van der Waals surface area contributed by atoms with Crippen molar-refractivity contribution in [1.82, 2.24) is 4.90 Å². The largest absolute Gasteiger partial charge is 0.342 e. The van der Waals surface area contributed by atoms with Crippen molar-refractivity contribution in [3.63, 3.8) is 0 Å². The number of nitrogens with zero attached hydrogens (tertiary/aromatic N) is 1. The summed E-state index contributed by atoms with van der Waals surface area (Å²) in [6, 6.07) is 0. The van der Waals surface area contributed by atoms with Crippen LogP contribution in [0.3, 0.4) is 0 Å². The Morgan fingerprint density at radius 3 is 2.41 bits per heavy atom. The van der Waals surface area contributed by atoms with Crippen molar-refractivity contribution < 1.29 is 4.79 Å². The third-order valence-electron chi connectivity index (χ3n) is 4.70. The maximum Gasteiger partial charge on any atom is 0.228 e. The molecule has 2 rings (SSSR count). The van der Waals surface area contributed by atoms with Gasteiger partial charge in [0.25, 0.3) is 0 Å². The zero-order chi connectivity index (χ0) is 12.3. The van der Waals surface area contributed by atoms with Crippen molar-refractivity contribution >= 4 is 5.91 Å². The predicted molar refractivity (Wildman–Crippen MR) is 69.6 cm³/mol. The van der Waals surface area contributed by atoms with Crippen molar-refractivity contribution in [1.29, 1.82) is 0 Å². The number of carbonyl (C=O) groups excluding carboxylic acids is 1. The van der Waals surface area contributed by atoms with Crippen LogP contribution >= 0.6 is 0 Å². The molecule has 0 aromatic heterocycles. The van der Waals surface area contributed by atoms with Crippen LogP contribution in [0.4, 0.5) is 0 Å². The molecular weight excluding hydrogens is 212 g/mol. The van der Waals surface area contributed by atoms with Crippen molar-refractivity contribution in [3.05, 3.63) is 0 Å². The van der Waals surface area contributed by atoms with Crippen LogP contribution in [0.15, 0.2) is 0 Å². The van der Waals surface area contributed by atoms with E-state index in [1.165, 1.54) is 12.8 Å². The van der Waals surface area contributed by atoms with E-state index in [0.29, 0.717) is 5.91 Å². The van der Waals surface area contributed by atoms with Gasteiger partial charge in [-0.05, 0) is 44.6 Å². The minimum atomic E-state index is -0.0410. The first-order valence-corrected chi connectivity index (χ1v) is 7.15. The molecule has 0 aromatic carbocycles. The standard InChI is InChI=1S/C14H26N2O/c1-14(7-2-3-8-14)13(17)16-10-5-12(4-9-15)6-11-16/h12H,2-11,15H2,1H3. The molecule has 0 bridgehead atoms. The maximum atomic E-state index is 12.5. The third-order valence-corrected chi connectivity index (χ3v) is 4.70. The number of hydrogen-bond acceptors (Lipinski definition) is 2. The molecule has 1 aliphatic heterocycles. The second-order valence-electron chi connectivity index (χ2n) is 6.08. The summed E-state index contributed by atoms with van der Waals surface area (Å²) in [7, 11) is 0. The monoisotopic (exact) mass is 238 g/mol. The quantitative estimate of drug-likeness (QED) is 0.819. The van der Waals surface area contributed by atoms with Gasteiger partial charge in [-0.25, -0.2) is 0 Å². The molecule has 2 N–H and O–H groups in total. The zero-order valence-corrected chi connectivity index (χ0v) is 11.1. The molecular formula is C14H26N2O. The lowest BCUT2D eigenvalue weighted by molar-refractivity contribution is -0.142. The summed E-state index contributed by atoms with van der Waals surface area (Å²) in [6.45, 7) is 4.86. The molecule has 3 heteroatoms. The third kappa shape index (κ3) is 2.82. The van der Waals surface area contributed by atoms with Crippen LogP contribution in [-0.4, -0.2) is 30.4 Å². The molecule has 3 nitrogen and oxygen atoms in total. The second-order valence-corrected chi connectivity index (χ2v) is 6.08. The molecule has 0 atom stereocenters. The number of likely N-dealkylation sites (tertiary alicyclic amines) is 1. The van der Waals surface area contributed by atoms with Crippen LogP contribution in [0.25, 0.3) is 0 Å². The van der Waals surface area contributed by atoms with Crippen molar-refractivity contribution in [2.75, 3.05) is 19.6 Å². The Morgan fingerprint density at radius 1 is 1.29 bits per heavy atom. The number of rotatable bonds is 3. The normalized spacial score (nSPS) is 25.2. The molecule has 0 unspecified atom stereocenters. The van der Waals surface area contributed by atoms with Gasteiger partial charge in [0, 0.05) is 18.5 Å². The fourth-order valence-corrected chi connectivity index (χ4v) is 3.41. The summed E-state index contributed by atoms with van der Waals surface area (Å²) < 4.78 is 0. The van der Waals surface area contributed by atoms with Gasteiger partial charge in [0.15, 0.2) is 0 Å². The first-order valence-electron chi connectivity index (χ1n) is 7.15. The number of nitrogens with two attached hydrogens (primary N) is 1. The van der Waals surface area contributed by atoms with Crippen LogP contribution < -0.4 is 5.73 Å². The highest BCUT2D eigenvalue weighted by Gasteiger charge is 2.39. The van der Waals surface area contributed by atoms with E-state index < -0.39 is 0 Å². The molecule has 0 spiro atoms. The minimum absolute atomic E-state index is 0.0410. The Morgan fingerprint density at radius 2 is 1.88 bits per heavy atom. The molecule has 1 saturated carbocycles.